The van der Waals surface area contributed by atoms with Crippen molar-refractivity contribution in [2.45, 2.75) is 11.7 Å². The van der Waals surface area contributed by atoms with E-state index in [1.165, 1.54) is 0 Å². The van der Waals surface area contributed by atoms with Crippen LogP contribution >= 0.6 is 23.2 Å². The zero-order valence-electron chi connectivity index (χ0n) is 12.5. The van der Waals surface area contributed by atoms with Crippen molar-refractivity contribution in [3.8, 4) is 5.75 Å². The molecule has 1 aliphatic heterocycles. The molecule has 0 aliphatic carbocycles. The van der Waals surface area contributed by atoms with E-state index in [9.17, 15) is 23.1 Å². The summed E-state index contributed by atoms with van der Waals surface area (Å²) in [7, 11) is 0.868. The fourth-order valence-corrected chi connectivity index (χ4v) is 3.20. The molecule has 24 heavy (non-hydrogen) atoms. The maximum Gasteiger partial charge on any atom is 0.421 e. The van der Waals surface area contributed by atoms with E-state index in [1.54, 1.807) is 0 Å². The van der Waals surface area contributed by atoms with Crippen molar-refractivity contribution in [2.75, 3.05) is 33.4 Å². The second kappa shape index (κ2) is 6.95. The Labute approximate surface area is 145 Å². The number of nitrogens with zero attached hydrogens (tertiary/aromatic N) is 1. The second-order valence-corrected chi connectivity index (χ2v) is 5.90. The van der Waals surface area contributed by atoms with Gasteiger partial charge in [0.2, 0.25) is 5.54 Å². The van der Waals surface area contributed by atoms with Crippen LogP contribution in [0.2, 0.25) is 10.0 Å². The second-order valence-electron chi connectivity index (χ2n) is 5.09. The molecule has 0 amide bonds. The number of alkyl halides is 3. The summed E-state index contributed by atoms with van der Waals surface area (Å²) in [4.78, 5) is 13.2. The molecule has 1 heterocycles. The van der Waals surface area contributed by atoms with Crippen molar-refractivity contribution in [3.05, 3.63) is 27.7 Å². The van der Waals surface area contributed by atoms with Crippen LogP contribution in [0, 0.1) is 0 Å². The number of hydrogen-bond donors (Lipinski definition) is 1. The van der Waals surface area contributed by atoms with Crippen LogP contribution < -0.4 is 0 Å². The van der Waals surface area contributed by atoms with Crippen molar-refractivity contribution < 1.29 is 32.5 Å². The number of ether oxygens (including phenoxy) is 2. The third-order valence-corrected chi connectivity index (χ3v) is 4.39. The van der Waals surface area contributed by atoms with Gasteiger partial charge in [-0.2, -0.15) is 13.2 Å². The monoisotopic (exact) mass is 387 g/mol. The van der Waals surface area contributed by atoms with Crippen molar-refractivity contribution in [2.24, 2.45) is 0 Å². The van der Waals surface area contributed by atoms with E-state index >= 15 is 0 Å². The first-order valence-corrected chi connectivity index (χ1v) is 7.58. The highest BCUT2D eigenvalue weighted by Crippen LogP contribution is 2.48. The van der Waals surface area contributed by atoms with E-state index in [1.807, 2.05) is 0 Å². The summed E-state index contributed by atoms with van der Waals surface area (Å²) in [5.74, 6) is -2.08. The van der Waals surface area contributed by atoms with Crippen LogP contribution in [0.4, 0.5) is 13.2 Å². The molecule has 1 aliphatic rings. The number of carbonyl (C=O) groups excluding carboxylic acids is 1. The lowest BCUT2D eigenvalue weighted by Gasteiger charge is -2.44. The number of phenols is 1. The lowest BCUT2D eigenvalue weighted by Crippen LogP contribution is -2.64. The predicted octanol–water partition coefficient (Wildman–Crippen LogP) is 2.96. The average Bonchev–Trinajstić information content (AvgIpc) is 2.52. The average molecular weight is 388 g/mol. The van der Waals surface area contributed by atoms with Gasteiger partial charge in [0.05, 0.1) is 30.4 Å². The Balaban J connectivity index is 2.76. The number of halogens is 5. The zero-order chi connectivity index (χ0) is 18.1. The van der Waals surface area contributed by atoms with Crippen LogP contribution in [0.25, 0.3) is 0 Å². The molecule has 1 aromatic carbocycles. The van der Waals surface area contributed by atoms with Gasteiger partial charge in [-0.05, 0) is 17.7 Å². The van der Waals surface area contributed by atoms with Crippen LogP contribution in [0.1, 0.15) is 5.56 Å². The van der Waals surface area contributed by atoms with Gasteiger partial charge in [-0.3, -0.25) is 4.90 Å². The SMILES string of the molecule is COC(=O)C(c1cc(Cl)c(O)c(Cl)c1)(N1CCOCC1)C(F)(F)F. The molecule has 1 fully saturated rings. The fraction of sp³-hybridized carbons (Fsp3) is 0.500. The molecule has 2 rings (SSSR count). The molecule has 134 valence electrons. The first-order chi connectivity index (χ1) is 11.2. The van der Waals surface area contributed by atoms with Crippen molar-refractivity contribution in [3.63, 3.8) is 0 Å². The summed E-state index contributed by atoms with van der Waals surface area (Å²) in [5, 5.41) is 8.81. The lowest BCUT2D eigenvalue weighted by molar-refractivity contribution is -0.250. The number of aromatic hydroxyl groups is 1. The molecule has 10 heteroatoms. The van der Waals surface area contributed by atoms with Crippen LogP contribution in [-0.2, 0) is 19.8 Å². The van der Waals surface area contributed by atoms with Crippen molar-refractivity contribution in [1.29, 1.82) is 0 Å². The van der Waals surface area contributed by atoms with E-state index in [-0.39, 0.29) is 26.3 Å². The molecule has 0 spiro atoms. The van der Waals surface area contributed by atoms with Crippen LogP contribution in [0.5, 0.6) is 5.75 Å². The van der Waals surface area contributed by atoms with E-state index < -0.39 is 39.0 Å². The first-order valence-electron chi connectivity index (χ1n) is 6.82. The minimum Gasteiger partial charge on any atom is -0.505 e. The third-order valence-electron chi connectivity index (χ3n) is 3.81. The fourth-order valence-electron chi connectivity index (χ4n) is 2.71. The van der Waals surface area contributed by atoms with Gasteiger partial charge in [-0.25, -0.2) is 4.79 Å². The van der Waals surface area contributed by atoms with Gasteiger partial charge in [0, 0.05) is 13.1 Å². The minimum atomic E-state index is -5.03. The van der Waals surface area contributed by atoms with Gasteiger partial charge in [0.25, 0.3) is 0 Å². The number of benzene rings is 1. The Morgan fingerprint density at radius 2 is 1.75 bits per heavy atom. The normalized spacial score (nSPS) is 18.9. The van der Waals surface area contributed by atoms with E-state index in [0.717, 1.165) is 24.1 Å². The van der Waals surface area contributed by atoms with E-state index in [2.05, 4.69) is 4.74 Å². The van der Waals surface area contributed by atoms with Gasteiger partial charge in [0.15, 0.2) is 5.75 Å². The highest BCUT2D eigenvalue weighted by atomic mass is 35.5. The predicted molar refractivity (Wildman–Crippen MR) is 80.3 cm³/mol. The zero-order valence-corrected chi connectivity index (χ0v) is 14.0. The van der Waals surface area contributed by atoms with Crippen LogP contribution in [-0.4, -0.2) is 55.6 Å². The quantitative estimate of drug-likeness (QED) is 0.808. The molecular formula is C14H14Cl2F3NO4. The Morgan fingerprint density at radius 1 is 1.25 bits per heavy atom. The maximum atomic E-state index is 14.1. The molecule has 1 aromatic rings. The first kappa shape index (κ1) is 19.1. The summed E-state index contributed by atoms with van der Waals surface area (Å²) < 4.78 is 51.9. The number of carbonyl (C=O) groups is 1. The van der Waals surface area contributed by atoms with Gasteiger partial charge in [-0.15, -0.1) is 0 Å². The Kier molecular flexibility index (Phi) is 5.54. The summed E-state index contributed by atoms with van der Waals surface area (Å²) in [6.07, 6.45) is -5.03. The van der Waals surface area contributed by atoms with Crippen molar-refractivity contribution in [1.82, 2.24) is 4.90 Å². The van der Waals surface area contributed by atoms with E-state index in [0.29, 0.717) is 0 Å². The smallest absolute Gasteiger partial charge is 0.421 e. The number of methoxy groups -OCH3 is 1. The highest BCUT2D eigenvalue weighted by Gasteiger charge is 2.66. The molecule has 5 nitrogen and oxygen atoms in total. The van der Waals surface area contributed by atoms with Crippen LogP contribution in [0.3, 0.4) is 0 Å². The number of rotatable bonds is 3. The Bertz CT molecular complexity index is 612. The summed E-state index contributed by atoms with van der Waals surface area (Å²) in [6, 6.07) is 1.73. The summed E-state index contributed by atoms with van der Waals surface area (Å²) in [5.41, 5.74) is -3.64. The number of esters is 1. The molecule has 0 bridgehead atoms. The lowest BCUT2D eigenvalue weighted by atomic mass is 9.86. The Morgan fingerprint density at radius 3 is 2.17 bits per heavy atom. The molecule has 1 unspecified atom stereocenters. The molecular weight excluding hydrogens is 374 g/mol. The molecule has 0 aromatic heterocycles. The van der Waals surface area contributed by atoms with Gasteiger partial charge in [-0.1, -0.05) is 23.2 Å². The van der Waals surface area contributed by atoms with Gasteiger partial charge < -0.3 is 14.6 Å². The largest absolute Gasteiger partial charge is 0.505 e. The molecule has 1 N–H and O–H groups in total. The van der Waals surface area contributed by atoms with E-state index in [4.69, 9.17) is 27.9 Å². The molecule has 0 radical (unpaired) electrons. The summed E-state index contributed by atoms with van der Waals surface area (Å²) >= 11 is 11.5. The third kappa shape index (κ3) is 3.03. The van der Waals surface area contributed by atoms with Gasteiger partial charge in [0.1, 0.15) is 0 Å². The number of morpholine rings is 1. The highest BCUT2D eigenvalue weighted by molar-refractivity contribution is 6.37. The van der Waals surface area contributed by atoms with Crippen molar-refractivity contribution >= 4 is 29.2 Å². The maximum absolute atomic E-state index is 14.1. The number of hydrogen-bond acceptors (Lipinski definition) is 5. The standard InChI is InChI=1S/C14H14Cl2F3NO4/c1-23-12(22)13(14(17,18)19,20-2-4-24-5-3-20)8-6-9(15)11(21)10(16)7-8/h6-7,21H,2-5H2,1H3. The Hall–Kier alpha value is -1.22. The minimum absolute atomic E-state index is 0.0222. The summed E-state index contributed by atoms with van der Waals surface area (Å²) in [6.45, 7) is -0.252. The topological polar surface area (TPSA) is 59.0 Å². The molecule has 0 saturated carbocycles. The molecule has 1 atom stereocenters. The van der Waals surface area contributed by atoms with Crippen LogP contribution in [0.15, 0.2) is 12.1 Å². The molecule has 1 saturated heterocycles. The number of phenolic OH excluding ortho intramolecular Hbond substituents is 1. The van der Waals surface area contributed by atoms with Gasteiger partial charge >= 0.3 is 12.1 Å².